The highest BCUT2D eigenvalue weighted by atomic mass is 32.2. The van der Waals surface area contributed by atoms with Crippen molar-refractivity contribution < 1.29 is 4.74 Å². The van der Waals surface area contributed by atoms with Crippen molar-refractivity contribution in [3.8, 4) is 0 Å². The van der Waals surface area contributed by atoms with Gasteiger partial charge in [0.15, 0.2) is 0 Å². The Morgan fingerprint density at radius 2 is 2.25 bits per heavy atom. The molecule has 1 aliphatic heterocycles. The summed E-state index contributed by atoms with van der Waals surface area (Å²) in [6.07, 6.45) is 1.71. The van der Waals surface area contributed by atoms with Gasteiger partial charge in [-0.25, -0.2) is 0 Å². The monoisotopic (exact) mass is 132 g/mol. The smallest absolute Gasteiger partial charge is 0.100 e. The molecule has 48 valence electrons. The Balaban J connectivity index is 2.23. The van der Waals surface area contributed by atoms with Crippen LogP contribution in [0.1, 0.15) is 20.3 Å². The molecule has 2 atom stereocenters. The van der Waals surface area contributed by atoms with Crippen molar-refractivity contribution in [1.29, 1.82) is 0 Å². The van der Waals surface area contributed by atoms with Gasteiger partial charge in [-0.2, -0.15) is 0 Å². The van der Waals surface area contributed by atoms with Crippen LogP contribution in [0.5, 0.6) is 0 Å². The highest BCUT2D eigenvalue weighted by molar-refractivity contribution is 7.99. The molecule has 2 heteroatoms. The van der Waals surface area contributed by atoms with Crippen LogP contribution in [-0.4, -0.2) is 17.3 Å². The fourth-order valence-electron chi connectivity index (χ4n) is 0.834. The highest BCUT2D eigenvalue weighted by Crippen LogP contribution is 2.22. The van der Waals surface area contributed by atoms with Crippen molar-refractivity contribution in [2.75, 3.05) is 5.75 Å². The van der Waals surface area contributed by atoms with Gasteiger partial charge in [0.2, 0.25) is 0 Å². The Bertz CT molecular complexity index is 66.9. The van der Waals surface area contributed by atoms with Crippen LogP contribution in [0, 0.1) is 0 Å². The van der Waals surface area contributed by atoms with Crippen molar-refractivity contribution >= 4 is 11.8 Å². The van der Waals surface area contributed by atoms with Crippen molar-refractivity contribution in [2.45, 2.75) is 31.8 Å². The topological polar surface area (TPSA) is 9.23 Å². The molecule has 1 fully saturated rings. The average molecular weight is 132 g/mol. The fourth-order valence-corrected chi connectivity index (χ4v) is 1.90. The van der Waals surface area contributed by atoms with Gasteiger partial charge in [-0.15, -0.1) is 11.8 Å². The Morgan fingerprint density at radius 3 is 2.62 bits per heavy atom. The molecule has 0 N–H and O–H groups in total. The molecule has 0 spiro atoms. The average Bonchev–Trinajstić information content (AvgIpc) is 1.64. The normalized spacial score (nSPS) is 39.8. The quantitative estimate of drug-likeness (QED) is 0.497. The van der Waals surface area contributed by atoms with E-state index in [2.05, 4.69) is 13.8 Å². The van der Waals surface area contributed by atoms with Gasteiger partial charge in [-0.1, -0.05) is 0 Å². The molecule has 0 amide bonds. The first-order valence-corrected chi connectivity index (χ1v) is 4.11. The standard InChI is InChI=1S/C6H12OS/c1-5-3-4-8-6(2)7-5/h5-6H,3-4H2,1-2H3. The van der Waals surface area contributed by atoms with E-state index in [0.29, 0.717) is 11.5 Å². The summed E-state index contributed by atoms with van der Waals surface area (Å²) in [5.74, 6) is 1.27. The van der Waals surface area contributed by atoms with Crippen LogP contribution in [0.3, 0.4) is 0 Å². The number of hydrogen-bond donors (Lipinski definition) is 0. The molecule has 1 rings (SSSR count). The van der Waals surface area contributed by atoms with E-state index in [1.165, 1.54) is 12.2 Å². The minimum absolute atomic E-state index is 0.429. The van der Waals surface area contributed by atoms with Crippen LogP contribution < -0.4 is 0 Å². The van der Waals surface area contributed by atoms with Gasteiger partial charge >= 0.3 is 0 Å². The second-order valence-corrected chi connectivity index (χ2v) is 3.58. The summed E-state index contributed by atoms with van der Waals surface area (Å²) < 4.78 is 5.45. The molecular formula is C6H12OS. The molecule has 1 aliphatic rings. The maximum Gasteiger partial charge on any atom is 0.100 e. The van der Waals surface area contributed by atoms with Crippen molar-refractivity contribution in [1.82, 2.24) is 0 Å². The predicted octanol–water partition coefficient (Wildman–Crippen LogP) is 1.87. The summed E-state index contributed by atoms with van der Waals surface area (Å²) in [6, 6.07) is 0. The lowest BCUT2D eigenvalue weighted by Crippen LogP contribution is -2.20. The Labute approximate surface area is 54.8 Å². The summed E-state index contributed by atoms with van der Waals surface area (Å²) in [4.78, 5) is 0. The molecule has 1 nitrogen and oxygen atoms in total. The van der Waals surface area contributed by atoms with Crippen molar-refractivity contribution in [3.05, 3.63) is 0 Å². The number of hydrogen-bond acceptors (Lipinski definition) is 2. The molecule has 2 unspecified atom stereocenters. The molecule has 0 bridgehead atoms. The maximum atomic E-state index is 5.45. The number of rotatable bonds is 0. The van der Waals surface area contributed by atoms with Crippen molar-refractivity contribution in [3.63, 3.8) is 0 Å². The van der Waals surface area contributed by atoms with Crippen LogP contribution in [0.25, 0.3) is 0 Å². The van der Waals surface area contributed by atoms with E-state index in [9.17, 15) is 0 Å². The first-order chi connectivity index (χ1) is 3.79. The zero-order valence-electron chi connectivity index (χ0n) is 5.39. The van der Waals surface area contributed by atoms with Crippen LogP contribution in [0.4, 0.5) is 0 Å². The second kappa shape index (κ2) is 2.74. The number of thioether (sulfide) groups is 1. The molecule has 0 aromatic carbocycles. The second-order valence-electron chi connectivity index (χ2n) is 2.17. The zero-order chi connectivity index (χ0) is 5.98. The molecule has 1 saturated heterocycles. The Kier molecular flexibility index (Phi) is 2.20. The summed E-state index contributed by atoms with van der Waals surface area (Å²) >= 11 is 1.90. The van der Waals surface area contributed by atoms with E-state index in [1.54, 1.807) is 0 Å². The Hall–Kier alpha value is 0.310. The van der Waals surface area contributed by atoms with E-state index in [-0.39, 0.29) is 0 Å². The molecule has 0 aliphatic carbocycles. The van der Waals surface area contributed by atoms with Gasteiger partial charge in [0.05, 0.1) is 6.10 Å². The van der Waals surface area contributed by atoms with Crippen LogP contribution in [-0.2, 0) is 4.74 Å². The lowest BCUT2D eigenvalue weighted by molar-refractivity contribution is 0.0474. The molecular weight excluding hydrogens is 120 g/mol. The fraction of sp³-hybridized carbons (Fsp3) is 1.00. The first kappa shape index (κ1) is 6.43. The first-order valence-electron chi connectivity index (χ1n) is 3.06. The van der Waals surface area contributed by atoms with E-state index in [1.807, 2.05) is 11.8 Å². The predicted molar refractivity (Wildman–Crippen MR) is 37.1 cm³/mol. The molecule has 0 radical (unpaired) electrons. The molecule has 0 saturated carbocycles. The van der Waals surface area contributed by atoms with Gasteiger partial charge in [0.25, 0.3) is 0 Å². The van der Waals surface area contributed by atoms with Crippen molar-refractivity contribution in [2.24, 2.45) is 0 Å². The maximum absolute atomic E-state index is 5.45. The summed E-state index contributed by atoms with van der Waals surface area (Å²) in [5, 5.41) is 0. The van der Waals surface area contributed by atoms with E-state index < -0.39 is 0 Å². The molecule has 8 heavy (non-hydrogen) atoms. The van der Waals surface area contributed by atoms with Crippen LogP contribution in [0.15, 0.2) is 0 Å². The zero-order valence-corrected chi connectivity index (χ0v) is 6.20. The molecule has 0 aromatic heterocycles. The lowest BCUT2D eigenvalue weighted by Gasteiger charge is -2.23. The van der Waals surface area contributed by atoms with E-state index >= 15 is 0 Å². The summed E-state index contributed by atoms with van der Waals surface area (Å²) in [6.45, 7) is 4.25. The van der Waals surface area contributed by atoms with Gasteiger partial charge in [0.1, 0.15) is 5.44 Å². The van der Waals surface area contributed by atoms with Gasteiger partial charge in [0, 0.05) is 0 Å². The van der Waals surface area contributed by atoms with Crippen LogP contribution >= 0.6 is 11.8 Å². The van der Waals surface area contributed by atoms with Gasteiger partial charge < -0.3 is 4.74 Å². The third kappa shape index (κ3) is 1.67. The lowest BCUT2D eigenvalue weighted by atomic mass is 10.3. The largest absolute Gasteiger partial charge is 0.365 e. The minimum Gasteiger partial charge on any atom is -0.365 e. The molecule has 1 heterocycles. The van der Waals surface area contributed by atoms with Gasteiger partial charge in [-0.05, 0) is 26.0 Å². The summed E-state index contributed by atoms with van der Waals surface area (Å²) in [7, 11) is 0. The Morgan fingerprint density at radius 1 is 1.50 bits per heavy atom. The van der Waals surface area contributed by atoms with Gasteiger partial charge in [-0.3, -0.25) is 0 Å². The third-order valence-electron chi connectivity index (χ3n) is 1.30. The summed E-state index contributed by atoms with van der Waals surface area (Å²) in [5.41, 5.74) is 0.429. The minimum atomic E-state index is 0.429. The third-order valence-corrected chi connectivity index (χ3v) is 2.35. The molecule has 0 aromatic rings. The SMILES string of the molecule is CC1CCSC(C)O1. The number of ether oxygens (including phenoxy) is 1. The van der Waals surface area contributed by atoms with E-state index in [0.717, 1.165) is 0 Å². The highest BCUT2D eigenvalue weighted by Gasteiger charge is 2.14. The van der Waals surface area contributed by atoms with E-state index in [4.69, 9.17) is 4.74 Å². The van der Waals surface area contributed by atoms with Crippen LogP contribution in [0.2, 0.25) is 0 Å².